The number of rotatable bonds is 9. The zero-order chi connectivity index (χ0) is 14.2. The molecule has 0 rings (SSSR count). The molecule has 18 heavy (non-hydrogen) atoms. The molecule has 0 saturated carbocycles. The molecule has 0 bridgehead atoms. The highest BCUT2D eigenvalue weighted by molar-refractivity contribution is 7.91. The quantitative estimate of drug-likeness (QED) is 0.272. The lowest BCUT2D eigenvalue weighted by Crippen LogP contribution is -2.36. The largest absolute Gasteiger partial charge is 0.616 e. The Labute approximate surface area is 111 Å². The van der Waals surface area contributed by atoms with Gasteiger partial charge in [0.25, 0.3) is 0 Å². The van der Waals surface area contributed by atoms with Gasteiger partial charge in [0.2, 0.25) is 0 Å². The highest BCUT2D eigenvalue weighted by Gasteiger charge is 2.56. The van der Waals surface area contributed by atoms with E-state index in [1.54, 1.807) is 0 Å². The maximum atomic E-state index is 12.5. The van der Waals surface area contributed by atoms with E-state index in [1.807, 2.05) is 0 Å². The van der Waals surface area contributed by atoms with Crippen molar-refractivity contribution in [2.24, 2.45) is 0 Å². The minimum Gasteiger partial charge on any atom is -0.616 e. The van der Waals surface area contributed by atoms with Gasteiger partial charge in [-0.2, -0.15) is 22.0 Å². The second kappa shape index (κ2) is 8.43. The van der Waals surface area contributed by atoms with Crippen LogP contribution >= 0.6 is 11.6 Å². The Kier molecular flexibility index (Phi) is 8.54. The van der Waals surface area contributed by atoms with Crippen LogP contribution < -0.4 is 0 Å². The number of alkyl halides is 6. The number of hydrogen-bond donors (Lipinski definition) is 0. The number of halogens is 6. The first-order chi connectivity index (χ1) is 8.20. The van der Waals surface area contributed by atoms with Crippen LogP contribution in [0.25, 0.3) is 0 Å². The minimum atomic E-state index is -5.52. The van der Waals surface area contributed by atoms with E-state index in [0.717, 1.165) is 12.8 Å². The Morgan fingerprint density at radius 1 is 0.889 bits per heavy atom. The van der Waals surface area contributed by atoms with Gasteiger partial charge in [-0.1, -0.05) is 11.2 Å². The highest BCUT2D eigenvalue weighted by Crippen LogP contribution is 2.38. The molecule has 0 aliphatic rings. The van der Waals surface area contributed by atoms with Crippen LogP contribution in [-0.4, -0.2) is 34.0 Å². The Bertz CT molecular complexity index is 225. The van der Waals surface area contributed by atoms with Crippen LogP contribution in [0.3, 0.4) is 0 Å². The van der Waals surface area contributed by atoms with Gasteiger partial charge in [-0.05, 0) is 25.7 Å². The first kappa shape index (κ1) is 18.2. The van der Waals surface area contributed by atoms with Gasteiger partial charge in [0.15, 0.2) is 0 Å². The summed E-state index contributed by atoms with van der Waals surface area (Å²) in [4.78, 5) is 0. The summed E-state index contributed by atoms with van der Waals surface area (Å²) in [5.41, 5.74) is 0. The lowest BCUT2D eigenvalue weighted by Gasteiger charge is -2.19. The monoisotopic (exact) mass is 314 g/mol. The Morgan fingerprint density at radius 2 is 1.44 bits per heavy atom. The molecule has 0 aliphatic heterocycles. The summed E-state index contributed by atoms with van der Waals surface area (Å²) in [6.45, 7) is 0. The SMILES string of the molecule is [O-][S+](CCCCCCl)CCCC(F)(F)C(F)(F)F. The van der Waals surface area contributed by atoms with Crippen molar-refractivity contribution < 1.29 is 26.5 Å². The molecule has 0 aromatic heterocycles. The summed E-state index contributed by atoms with van der Waals surface area (Å²) in [6, 6.07) is 0. The van der Waals surface area contributed by atoms with Crippen LogP contribution in [0.15, 0.2) is 0 Å². The average Bonchev–Trinajstić information content (AvgIpc) is 2.22. The van der Waals surface area contributed by atoms with Crippen molar-refractivity contribution in [1.29, 1.82) is 0 Å². The van der Waals surface area contributed by atoms with Crippen LogP contribution in [0.4, 0.5) is 22.0 Å². The molecule has 0 aromatic rings. The molecule has 0 amide bonds. The van der Waals surface area contributed by atoms with Gasteiger partial charge in [-0.15, -0.1) is 11.6 Å². The zero-order valence-corrected chi connectivity index (χ0v) is 11.3. The molecule has 0 radical (unpaired) electrons. The van der Waals surface area contributed by atoms with Crippen LogP contribution in [0, 0.1) is 0 Å². The molecule has 0 N–H and O–H groups in total. The fraction of sp³-hybridized carbons (Fsp3) is 1.00. The second-order valence-corrected chi connectivity index (χ2v) is 5.98. The molecule has 1 nitrogen and oxygen atoms in total. The van der Waals surface area contributed by atoms with E-state index in [2.05, 4.69) is 0 Å². The van der Waals surface area contributed by atoms with Gasteiger partial charge >= 0.3 is 12.1 Å². The normalized spacial score (nSPS) is 14.8. The fourth-order valence-corrected chi connectivity index (χ4v) is 2.62. The molecule has 1 unspecified atom stereocenters. The van der Waals surface area contributed by atoms with Gasteiger partial charge in [0.05, 0.1) is 0 Å². The third kappa shape index (κ3) is 7.63. The summed E-state index contributed by atoms with van der Waals surface area (Å²) in [5.74, 6) is -3.97. The molecule has 0 heterocycles. The van der Waals surface area contributed by atoms with Gasteiger partial charge < -0.3 is 4.55 Å². The van der Waals surface area contributed by atoms with Crippen molar-refractivity contribution in [3.8, 4) is 0 Å². The van der Waals surface area contributed by atoms with Gasteiger partial charge in [-0.3, -0.25) is 0 Å². The lowest BCUT2D eigenvalue weighted by atomic mass is 10.2. The van der Waals surface area contributed by atoms with E-state index in [0.29, 0.717) is 18.1 Å². The standard InChI is InChI=1S/C10H16ClF5OS/c11-6-2-1-3-7-18(17)8-4-5-9(12,13)10(14,15)16/h1-8H2. The highest BCUT2D eigenvalue weighted by atomic mass is 35.5. The first-order valence-corrected chi connectivity index (χ1v) is 7.58. The Morgan fingerprint density at radius 3 is 1.94 bits per heavy atom. The lowest BCUT2D eigenvalue weighted by molar-refractivity contribution is -0.284. The molecule has 0 spiro atoms. The average molecular weight is 315 g/mol. The summed E-state index contributed by atoms with van der Waals surface area (Å²) in [7, 11) is 0. The molecule has 0 saturated heterocycles. The minimum absolute atomic E-state index is 0.119. The summed E-state index contributed by atoms with van der Waals surface area (Å²) < 4.78 is 71.7. The topological polar surface area (TPSA) is 23.1 Å². The smallest absolute Gasteiger partial charge is 0.453 e. The molecular weight excluding hydrogens is 299 g/mol. The third-order valence-corrected chi connectivity index (χ3v) is 4.04. The van der Waals surface area contributed by atoms with Crippen LogP contribution in [0.2, 0.25) is 0 Å². The number of hydrogen-bond acceptors (Lipinski definition) is 1. The molecule has 0 fully saturated rings. The van der Waals surface area contributed by atoms with Crippen molar-refractivity contribution in [2.75, 3.05) is 17.4 Å². The Balaban J connectivity index is 3.71. The summed E-state index contributed by atoms with van der Waals surface area (Å²) in [6.07, 6.45) is -5.00. The van der Waals surface area contributed by atoms with Crippen molar-refractivity contribution >= 4 is 22.8 Å². The molecule has 0 aromatic carbocycles. The second-order valence-electron chi connectivity index (χ2n) is 3.90. The maximum Gasteiger partial charge on any atom is 0.453 e. The number of unbranched alkanes of at least 4 members (excludes halogenated alkanes) is 2. The maximum absolute atomic E-state index is 12.5. The van der Waals surface area contributed by atoms with E-state index in [4.69, 9.17) is 11.6 Å². The fourth-order valence-electron chi connectivity index (χ4n) is 1.23. The van der Waals surface area contributed by atoms with E-state index >= 15 is 0 Å². The van der Waals surface area contributed by atoms with Gasteiger partial charge in [0, 0.05) is 12.3 Å². The van der Waals surface area contributed by atoms with E-state index in [9.17, 15) is 26.5 Å². The van der Waals surface area contributed by atoms with E-state index < -0.39 is 36.1 Å². The van der Waals surface area contributed by atoms with Gasteiger partial charge in [-0.25, -0.2) is 0 Å². The van der Waals surface area contributed by atoms with Crippen LogP contribution in [0.5, 0.6) is 0 Å². The van der Waals surface area contributed by atoms with Crippen molar-refractivity contribution in [1.82, 2.24) is 0 Å². The summed E-state index contributed by atoms with van der Waals surface area (Å²) >= 11 is 4.10. The Hall–Kier alpha value is 0.250. The van der Waals surface area contributed by atoms with Crippen LogP contribution in [0.1, 0.15) is 32.1 Å². The summed E-state index contributed by atoms with van der Waals surface area (Å²) in [5, 5.41) is 0. The van der Waals surface area contributed by atoms with Crippen molar-refractivity contribution in [2.45, 2.75) is 44.2 Å². The van der Waals surface area contributed by atoms with E-state index in [-0.39, 0.29) is 5.75 Å². The van der Waals surface area contributed by atoms with Crippen molar-refractivity contribution in [3.05, 3.63) is 0 Å². The van der Waals surface area contributed by atoms with Crippen LogP contribution in [-0.2, 0) is 11.2 Å². The predicted molar refractivity (Wildman–Crippen MR) is 62.7 cm³/mol. The predicted octanol–water partition coefficient (Wildman–Crippen LogP) is 4.12. The molecule has 8 heteroatoms. The molecule has 1 atom stereocenters. The molecular formula is C10H16ClF5OS. The van der Waals surface area contributed by atoms with Crippen molar-refractivity contribution in [3.63, 3.8) is 0 Å². The van der Waals surface area contributed by atoms with E-state index in [1.165, 1.54) is 0 Å². The zero-order valence-electron chi connectivity index (χ0n) is 9.74. The molecule has 110 valence electrons. The third-order valence-electron chi connectivity index (χ3n) is 2.28. The molecule has 0 aliphatic carbocycles. The van der Waals surface area contributed by atoms with Gasteiger partial charge in [0.1, 0.15) is 11.5 Å². The first-order valence-electron chi connectivity index (χ1n) is 5.56.